The Bertz CT molecular complexity index is 651. The average Bonchev–Trinajstić information content (AvgIpc) is 2.56. The maximum atomic E-state index is 13.1. The van der Waals surface area contributed by atoms with Gasteiger partial charge < -0.3 is 14.2 Å². The molecule has 1 aliphatic heterocycles. The zero-order chi connectivity index (χ0) is 14.9. The van der Waals surface area contributed by atoms with E-state index in [0.29, 0.717) is 17.1 Å². The van der Waals surface area contributed by atoms with Crippen LogP contribution in [0.5, 0.6) is 11.5 Å². The molecule has 1 unspecified atom stereocenters. The van der Waals surface area contributed by atoms with Gasteiger partial charge in [-0.05, 0) is 17.7 Å². The molecule has 1 atom stereocenters. The minimum absolute atomic E-state index is 0.144. The summed E-state index contributed by atoms with van der Waals surface area (Å²) in [6, 6.07) is 14.7. The summed E-state index contributed by atoms with van der Waals surface area (Å²) >= 11 is 0. The molecule has 0 bridgehead atoms. The van der Waals surface area contributed by atoms with Crippen LogP contribution < -0.4 is 9.47 Å². The van der Waals surface area contributed by atoms with Crippen molar-refractivity contribution >= 4 is 5.78 Å². The van der Waals surface area contributed by atoms with Crippen LogP contribution in [0.4, 0.5) is 0 Å². The summed E-state index contributed by atoms with van der Waals surface area (Å²) in [6.07, 6.45) is 0. The lowest BCUT2D eigenvalue weighted by atomic mass is 9.84. The first-order chi connectivity index (χ1) is 10.2. The van der Waals surface area contributed by atoms with Crippen molar-refractivity contribution < 1.29 is 19.0 Å². The number of ketones is 1. The molecule has 1 aliphatic rings. The van der Waals surface area contributed by atoms with Gasteiger partial charge >= 0.3 is 0 Å². The third kappa shape index (κ3) is 1.99. The molecule has 2 aromatic carbocycles. The van der Waals surface area contributed by atoms with Gasteiger partial charge in [-0.25, -0.2) is 0 Å². The minimum Gasteiger partial charge on any atom is -0.496 e. The van der Waals surface area contributed by atoms with E-state index < -0.39 is 5.60 Å². The Morgan fingerprint density at radius 3 is 2.48 bits per heavy atom. The van der Waals surface area contributed by atoms with E-state index in [9.17, 15) is 4.79 Å². The van der Waals surface area contributed by atoms with Crippen LogP contribution in [0.1, 0.15) is 15.9 Å². The van der Waals surface area contributed by atoms with Crippen molar-refractivity contribution in [2.45, 2.75) is 5.60 Å². The maximum Gasteiger partial charge on any atom is 0.210 e. The van der Waals surface area contributed by atoms with Gasteiger partial charge in [0.05, 0.1) is 7.11 Å². The fourth-order valence-electron chi connectivity index (χ4n) is 2.66. The van der Waals surface area contributed by atoms with E-state index in [-0.39, 0.29) is 12.4 Å². The van der Waals surface area contributed by atoms with Gasteiger partial charge in [0.25, 0.3) is 0 Å². The molecule has 1 heterocycles. The molecule has 3 rings (SSSR count). The number of methoxy groups -OCH3 is 2. The molecule has 0 N–H and O–H groups in total. The van der Waals surface area contributed by atoms with E-state index in [0.717, 1.165) is 5.56 Å². The van der Waals surface area contributed by atoms with Gasteiger partial charge in [0, 0.05) is 7.11 Å². The van der Waals surface area contributed by atoms with Crippen LogP contribution in [0, 0.1) is 0 Å². The summed E-state index contributed by atoms with van der Waals surface area (Å²) in [6.45, 7) is 0.145. The zero-order valence-corrected chi connectivity index (χ0v) is 12.0. The van der Waals surface area contributed by atoms with Crippen LogP contribution in [0.3, 0.4) is 0 Å². The zero-order valence-electron chi connectivity index (χ0n) is 12.0. The Kier molecular flexibility index (Phi) is 3.39. The third-order valence-corrected chi connectivity index (χ3v) is 3.82. The van der Waals surface area contributed by atoms with E-state index in [2.05, 4.69) is 0 Å². The molecule has 4 nitrogen and oxygen atoms in total. The third-order valence-electron chi connectivity index (χ3n) is 3.82. The van der Waals surface area contributed by atoms with Gasteiger partial charge in [-0.3, -0.25) is 4.79 Å². The second-order valence-corrected chi connectivity index (χ2v) is 4.85. The van der Waals surface area contributed by atoms with Crippen molar-refractivity contribution in [1.29, 1.82) is 0 Å². The molecule has 0 saturated carbocycles. The topological polar surface area (TPSA) is 44.8 Å². The Morgan fingerprint density at radius 2 is 1.81 bits per heavy atom. The molecule has 0 radical (unpaired) electrons. The SMILES string of the molecule is COc1cccc2c1C(=O)C(OC)(c1ccccc1)CO2. The molecule has 21 heavy (non-hydrogen) atoms. The lowest BCUT2D eigenvalue weighted by molar-refractivity contribution is -0.0348. The van der Waals surface area contributed by atoms with Gasteiger partial charge in [0.2, 0.25) is 5.78 Å². The predicted octanol–water partition coefficient (Wildman–Crippen LogP) is 2.81. The highest BCUT2D eigenvalue weighted by Gasteiger charge is 2.47. The number of carbonyl (C=O) groups is 1. The van der Waals surface area contributed by atoms with E-state index in [1.807, 2.05) is 30.3 Å². The highest BCUT2D eigenvalue weighted by atomic mass is 16.5. The predicted molar refractivity (Wildman–Crippen MR) is 77.9 cm³/mol. The molecule has 0 spiro atoms. The summed E-state index contributed by atoms with van der Waals surface area (Å²) in [4.78, 5) is 13.1. The molecule has 2 aromatic rings. The summed E-state index contributed by atoms with van der Waals surface area (Å²) in [5.41, 5.74) is 0.0640. The summed E-state index contributed by atoms with van der Waals surface area (Å²) in [5, 5.41) is 0. The van der Waals surface area contributed by atoms with Crippen molar-refractivity contribution in [2.75, 3.05) is 20.8 Å². The first-order valence-corrected chi connectivity index (χ1v) is 6.68. The largest absolute Gasteiger partial charge is 0.496 e. The molecular weight excluding hydrogens is 268 g/mol. The Morgan fingerprint density at radius 1 is 1.05 bits per heavy atom. The normalized spacial score (nSPS) is 20.6. The molecule has 0 aliphatic carbocycles. The smallest absolute Gasteiger partial charge is 0.210 e. The molecule has 0 aromatic heterocycles. The fourth-order valence-corrected chi connectivity index (χ4v) is 2.66. The summed E-state index contributed by atoms with van der Waals surface area (Å²) in [5.74, 6) is 0.882. The number of ether oxygens (including phenoxy) is 3. The Hall–Kier alpha value is -2.33. The Labute approximate surface area is 123 Å². The number of fused-ring (bicyclic) bond motifs is 1. The second kappa shape index (κ2) is 5.22. The monoisotopic (exact) mass is 284 g/mol. The number of hydrogen-bond acceptors (Lipinski definition) is 4. The van der Waals surface area contributed by atoms with Crippen molar-refractivity contribution in [1.82, 2.24) is 0 Å². The van der Waals surface area contributed by atoms with Crippen LogP contribution in [0.25, 0.3) is 0 Å². The molecule has 4 heteroatoms. The lowest BCUT2D eigenvalue weighted by Crippen LogP contribution is -2.46. The average molecular weight is 284 g/mol. The number of hydrogen-bond donors (Lipinski definition) is 0. The van der Waals surface area contributed by atoms with Gasteiger partial charge in [0.15, 0.2) is 5.60 Å². The second-order valence-electron chi connectivity index (χ2n) is 4.85. The first kappa shape index (κ1) is 13.6. The number of Topliss-reactive ketones (excluding diaryl/α,β-unsaturated/α-hetero) is 1. The quantitative estimate of drug-likeness (QED) is 0.869. The molecule has 0 saturated heterocycles. The molecular formula is C17H16O4. The van der Waals surface area contributed by atoms with Crippen molar-refractivity contribution in [3.8, 4) is 11.5 Å². The first-order valence-electron chi connectivity index (χ1n) is 6.68. The van der Waals surface area contributed by atoms with E-state index in [1.54, 1.807) is 18.2 Å². The molecule has 0 fully saturated rings. The van der Waals surface area contributed by atoms with E-state index >= 15 is 0 Å². The number of benzene rings is 2. The minimum atomic E-state index is -1.14. The van der Waals surface area contributed by atoms with Gasteiger partial charge in [-0.15, -0.1) is 0 Å². The number of rotatable bonds is 3. The molecule has 0 amide bonds. The van der Waals surface area contributed by atoms with Gasteiger partial charge in [-0.2, -0.15) is 0 Å². The van der Waals surface area contributed by atoms with E-state index in [1.165, 1.54) is 14.2 Å². The maximum absolute atomic E-state index is 13.1. The van der Waals surface area contributed by atoms with Crippen LogP contribution in [-0.4, -0.2) is 26.6 Å². The van der Waals surface area contributed by atoms with E-state index in [4.69, 9.17) is 14.2 Å². The summed E-state index contributed by atoms with van der Waals surface area (Å²) < 4.78 is 16.7. The molecule has 108 valence electrons. The van der Waals surface area contributed by atoms with Crippen LogP contribution in [0.2, 0.25) is 0 Å². The van der Waals surface area contributed by atoms with Gasteiger partial charge in [-0.1, -0.05) is 36.4 Å². The van der Waals surface area contributed by atoms with Crippen molar-refractivity contribution in [2.24, 2.45) is 0 Å². The van der Waals surface area contributed by atoms with Crippen molar-refractivity contribution in [3.05, 3.63) is 59.7 Å². The lowest BCUT2D eigenvalue weighted by Gasteiger charge is -2.36. The van der Waals surface area contributed by atoms with Crippen LogP contribution >= 0.6 is 0 Å². The van der Waals surface area contributed by atoms with Crippen molar-refractivity contribution in [3.63, 3.8) is 0 Å². The Balaban J connectivity index is 2.17. The van der Waals surface area contributed by atoms with Gasteiger partial charge in [0.1, 0.15) is 23.7 Å². The summed E-state index contributed by atoms with van der Waals surface area (Å²) in [7, 11) is 3.06. The van der Waals surface area contributed by atoms with Crippen LogP contribution in [0.15, 0.2) is 48.5 Å². The highest BCUT2D eigenvalue weighted by Crippen LogP contribution is 2.41. The standard InChI is InChI=1S/C17H16O4/c1-19-13-9-6-10-14-15(13)16(18)17(20-2,11-21-14)12-7-4-3-5-8-12/h3-10H,11H2,1-2H3. The number of carbonyl (C=O) groups excluding carboxylic acids is 1. The van der Waals surface area contributed by atoms with Crippen LogP contribution in [-0.2, 0) is 10.3 Å². The fraction of sp³-hybridized carbons (Fsp3) is 0.235. The highest BCUT2D eigenvalue weighted by molar-refractivity contribution is 6.08.